The van der Waals surface area contributed by atoms with E-state index >= 15 is 0 Å². The quantitative estimate of drug-likeness (QED) is 0.920. The third kappa shape index (κ3) is 2.44. The van der Waals surface area contributed by atoms with Gasteiger partial charge in [-0.2, -0.15) is 4.98 Å². The summed E-state index contributed by atoms with van der Waals surface area (Å²) in [6.45, 7) is 0. The van der Waals surface area contributed by atoms with Crippen LogP contribution in [0.2, 0.25) is 0 Å². The van der Waals surface area contributed by atoms with Gasteiger partial charge in [0.15, 0.2) is 0 Å². The van der Waals surface area contributed by atoms with Crippen LogP contribution < -0.4 is 5.73 Å². The Bertz CT molecular complexity index is 496. The fourth-order valence-electron chi connectivity index (χ4n) is 2.48. The van der Waals surface area contributed by atoms with Crippen molar-refractivity contribution in [2.75, 3.05) is 0 Å². The van der Waals surface area contributed by atoms with Crippen LogP contribution in [0.5, 0.6) is 0 Å². The first kappa shape index (κ1) is 11.8. The van der Waals surface area contributed by atoms with Crippen LogP contribution in [-0.4, -0.2) is 21.2 Å². The molecular weight excluding hydrogens is 248 g/mol. The van der Waals surface area contributed by atoms with E-state index in [0.717, 1.165) is 25.0 Å². The summed E-state index contributed by atoms with van der Waals surface area (Å²) in [5.74, 6) is 1.73. The average Bonchev–Trinajstić information content (AvgIpc) is 3.02. The molecule has 18 heavy (non-hydrogen) atoms. The van der Waals surface area contributed by atoms with Gasteiger partial charge in [0.05, 0.1) is 5.51 Å². The number of hydrogen-bond donors (Lipinski definition) is 1. The Morgan fingerprint density at radius 2 is 2.28 bits per heavy atom. The lowest BCUT2D eigenvalue weighted by Gasteiger charge is -2.27. The first-order valence-corrected chi connectivity index (χ1v) is 7.24. The second-order valence-corrected chi connectivity index (χ2v) is 5.52. The smallest absolute Gasteiger partial charge is 0.227 e. The first-order chi connectivity index (χ1) is 8.83. The van der Waals surface area contributed by atoms with Gasteiger partial charge in [-0.25, -0.2) is 4.98 Å². The predicted octanol–water partition coefficient (Wildman–Crippen LogP) is 2.25. The SMILES string of the molecule is NC1CCCCC1Cc1nc(-c2cscn2)no1. The Morgan fingerprint density at radius 1 is 1.39 bits per heavy atom. The highest BCUT2D eigenvalue weighted by atomic mass is 32.1. The largest absolute Gasteiger partial charge is 0.339 e. The normalized spacial score (nSPS) is 24.3. The van der Waals surface area contributed by atoms with Crippen molar-refractivity contribution in [2.45, 2.75) is 38.1 Å². The van der Waals surface area contributed by atoms with E-state index in [1.165, 1.54) is 24.2 Å². The molecule has 2 heterocycles. The highest BCUT2D eigenvalue weighted by Crippen LogP contribution is 2.26. The summed E-state index contributed by atoms with van der Waals surface area (Å²) in [6.07, 6.45) is 5.56. The van der Waals surface area contributed by atoms with E-state index < -0.39 is 0 Å². The van der Waals surface area contributed by atoms with Gasteiger partial charge >= 0.3 is 0 Å². The lowest BCUT2D eigenvalue weighted by Crippen LogP contribution is -2.34. The molecule has 0 aromatic carbocycles. The second kappa shape index (κ2) is 5.16. The summed E-state index contributed by atoms with van der Waals surface area (Å²) in [6, 6.07) is 0.272. The van der Waals surface area contributed by atoms with Crippen molar-refractivity contribution in [3.8, 4) is 11.5 Å². The van der Waals surface area contributed by atoms with Crippen LogP contribution in [0.3, 0.4) is 0 Å². The second-order valence-electron chi connectivity index (χ2n) is 4.80. The van der Waals surface area contributed by atoms with Gasteiger partial charge in [0.25, 0.3) is 0 Å². The van der Waals surface area contributed by atoms with Crippen molar-refractivity contribution in [3.05, 3.63) is 16.8 Å². The van der Waals surface area contributed by atoms with E-state index in [0.29, 0.717) is 17.6 Å². The highest BCUT2D eigenvalue weighted by molar-refractivity contribution is 7.07. The fourth-order valence-corrected chi connectivity index (χ4v) is 3.01. The van der Waals surface area contributed by atoms with Crippen molar-refractivity contribution in [1.82, 2.24) is 15.1 Å². The zero-order valence-corrected chi connectivity index (χ0v) is 10.9. The number of nitrogens with two attached hydrogens (primary N) is 1. The first-order valence-electron chi connectivity index (χ1n) is 6.29. The molecule has 5 nitrogen and oxygen atoms in total. The molecule has 2 unspecified atom stereocenters. The van der Waals surface area contributed by atoms with E-state index in [-0.39, 0.29) is 6.04 Å². The van der Waals surface area contributed by atoms with Gasteiger partial charge < -0.3 is 10.3 Å². The molecule has 1 saturated carbocycles. The Hall–Kier alpha value is -1.27. The predicted molar refractivity (Wildman–Crippen MR) is 69.0 cm³/mol. The molecule has 1 fully saturated rings. The van der Waals surface area contributed by atoms with Gasteiger partial charge in [-0.1, -0.05) is 18.0 Å². The van der Waals surface area contributed by atoms with E-state index in [1.807, 2.05) is 5.38 Å². The Balaban J connectivity index is 1.70. The standard InChI is InChI=1S/C12H16N4OS/c13-9-4-2-1-3-8(9)5-11-15-12(16-17-11)10-6-18-7-14-10/h6-9H,1-5,13H2. The van der Waals surface area contributed by atoms with Crippen molar-refractivity contribution < 1.29 is 4.52 Å². The topological polar surface area (TPSA) is 77.8 Å². The molecule has 0 bridgehead atoms. The van der Waals surface area contributed by atoms with E-state index in [1.54, 1.807) is 5.51 Å². The fraction of sp³-hybridized carbons (Fsp3) is 0.583. The third-order valence-corrected chi connectivity index (χ3v) is 4.12. The molecule has 6 heteroatoms. The molecular formula is C12H16N4OS. The third-order valence-electron chi connectivity index (χ3n) is 3.53. The minimum atomic E-state index is 0.272. The van der Waals surface area contributed by atoms with Crippen LogP contribution in [0.25, 0.3) is 11.5 Å². The van der Waals surface area contributed by atoms with Crippen LogP contribution >= 0.6 is 11.3 Å². The monoisotopic (exact) mass is 264 g/mol. The molecule has 0 saturated heterocycles. The molecule has 2 aromatic rings. The lowest BCUT2D eigenvalue weighted by molar-refractivity contribution is 0.273. The maximum atomic E-state index is 6.13. The molecule has 0 spiro atoms. The molecule has 2 aromatic heterocycles. The maximum Gasteiger partial charge on any atom is 0.227 e. The average molecular weight is 264 g/mol. The minimum absolute atomic E-state index is 0.272. The summed E-state index contributed by atoms with van der Waals surface area (Å²) in [5, 5.41) is 5.88. The Labute approximate surface area is 109 Å². The number of nitrogens with zero attached hydrogens (tertiary/aromatic N) is 3. The van der Waals surface area contributed by atoms with E-state index in [9.17, 15) is 0 Å². The molecule has 1 aliphatic carbocycles. The van der Waals surface area contributed by atoms with Crippen molar-refractivity contribution >= 4 is 11.3 Å². The minimum Gasteiger partial charge on any atom is -0.339 e. The number of thiazole rings is 1. The van der Waals surface area contributed by atoms with Crippen molar-refractivity contribution in [2.24, 2.45) is 11.7 Å². The van der Waals surface area contributed by atoms with Crippen LogP contribution in [0.1, 0.15) is 31.6 Å². The molecule has 0 radical (unpaired) electrons. The maximum absolute atomic E-state index is 6.13. The molecule has 0 amide bonds. The summed E-state index contributed by atoms with van der Waals surface area (Å²) < 4.78 is 5.29. The summed E-state index contributed by atoms with van der Waals surface area (Å²) in [5.41, 5.74) is 8.67. The van der Waals surface area contributed by atoms with Gasteiger partial charge in [-0.15, -0.1) is 11.3 Å². The number of rotatable bonds is 3. The molecule has 1 aliphatic rings. The molecule has 0 aliphatic heterocycles. The van der Waals surface area contributed by atoms with Crippen LogP contribution in [0.15, 0.2) is 15.4 Å². The van der Waals surface area contributed by atoms with E-state index in [4.69, 9.17) is 10.3 Å². The summed E-state index contributed by atoms with van der Waals surface area (Å²) in [4.78, 5) is 8.56. The summed E-state index contributed by atoms with van der Waals surface area (Å²) in [7, 11) is 0. The number of aromatic nitrogens is 3. The van der Waals surface area contributed by atoms with Crippen molar-refractivity contribution in [1.29, 1.82) is 0 Å². The summed E-state index contributed by atoms with van der Waals surface area (Å²) >= 11 is 1.53. The van der Waals surface area contributed by atoms with Gasteiger partial charge in [0.2, 0.25) is 11.7 Å². The molecule has 2 atom stereocenters. The number of hydrogen-bond acceptors (Lipinski definition) is 6. The van der Waals surface area contributed by atoms with E-state index in [2.05, 4.69) is 15.1 Å². The van der Waals surface area contributed by atoms with Crippen LogP contribution in [0.4, 0.5) is 0 Å². The van der Waals surface area contributed by atoms with Gasteiger partial charge in [-0.05, 0) is 18.8 Å². The van der Waals surface area contributed by atoms with Gasteiger partial charge in [0.1, 0.15) is 5.69 Å². The van der Waals surface area contributed by atoms with Gasteiger partial charge in [0, 0.05) is 17.8 Å². The van der Waals surface area contributed by atoms with Gasteiger partial charge in [-0.3, -0.25) is 0 Å². The molecule has 2 N–H and O–H groups in total. The van der Waals surface area contributed by atoms with Crippen molar-refractivity contribution in [3.63, 3.8) is 0 Å². The Morgan fingerprint density at radius 3 is 3.06 bits per heavy atom. The molecule has 3 rings (SSSR count). The van der Waals surface area contributed by atoms with Crippen LogP contribution in [-0.2, 0) is 6.42 Å². The highest BCUT2D eigenvalue weighted by Gasteiger charge is 2.24. The zero-order chi connectivity index (χ0) is 12.4. The molecule has 96 valence electrons. The Kier molecular flexibility index (Phi) is 3.38. The lowest BCUT2D eigenvalue weighted by atomic mass is 9.83. The van der Waals surface area contributed by atoms with Crippen LogP contribution in [0, 0.1) is 5.92 Å². The zero-order valence-electron chi connectivity index (χ0n) is 10.1.